The van der Waals surface area contributed by atoms with Crippen LogP contribution in [0.4, 0.5) is 17.6 Å². The molecule has 2 N–H and O–H groups in total. The van der Waals surface area contributed by atoms with Crippen LogP contribution in [-0.2, 0) is 0 Å². The third kappa shape index (κ3) is 4.76. The summed E-state index contributed by atoms with van der Waals surface area (Å²) in [5.74, 6) is -0.483. The smallest absolute Gasteiger partial charge is 0.326 e. The van der Waals surface area contributed by atoms with E-state index in [2.05, 4.69) is 0 Å². The number of hydrogen-bond acceptors (Lipinski definition) is 2. The zero-order valence-corrected chi connectivity index (χ0v) is 11.8. The van der Waals surface area contributed by atoms with Gasteiger partial charge in [-0.2, -0.15) is 13.2 Å². The van der Waals surface area contributed by atoms with Gasteiger partial charge in [-0.3, -0.25) is 4.90 Å². The van der Waals surface area contributed by atoms with E-state index in [1.54, 1.807) is 26.8 Å². The van der Waals surface area contributed by atoms with Gasteiger partial charge in [0.15, 0.2) is 0 Å². The molecule has 2 atom stereocenters. The quantitative estimate of drug-likeness (QED) is 0.842. The summed E-state index contributed by atoms with van der Waals surface area (Å²) in [7, 11) is 0. The Balaban J connectivity index is 3.15. The highest BCUT2D eigenvalue weighted by Crippen LogP contribution is 2.30. The van der Waals surface area contributed by atoms with Crippen molar-refractivity contribution in [2.24, 2.45) is 5.73 Å². The fourth-order valence-corrected chi connectivity index (χ4v) is 2.30. The van der Waals surface area contributed by atoms with Gasteiger partial charge in [-0.1, -0.05) is 12.1 Å². The maximum atomic E-state index is 13.3. The minimum Gasteiger partial charge on any atom is -0.326 e. The molecule has 0 aliphatic carbocycles. The first kappa shape index (κ1) is 16.9. The van der Waals surface area contributed by atoms with Crippen LogP contribution in [0.5, 0.6) is 0 Å². The number of halogens is 4. The second-order valence-electron chi connectivity index (χ2n) is 5.24. The third-order valence-corrected chi connectivity index (χ3v) is 3.07. The van der Waals surface area contributed by atoms with Crippen molar-refractivity contribution in [1.29, 1.82) is 0 Å². The van der Waals surface area contributed by atoms with Gasteiger partial charge in [-0.15, -0.1) is 0 Å². The lowest BCUT2D eigenvalue weighted by Crippen LogP contribution is -2.47. The van der Waals surface area contributed by atoms with Crippen molar-refractivity contribution in [3.63, 3.8) is 0 Å². The summed E-state index contributed by atoms with van der Waals surface area (Å²) in [4.78, 5) is 1.25. The van der Waals surface area contributed by atoms with E-state index in [1.807, 2.05) is 0 Å². The minimum atomic E-state index is -4.33. The van der Waals surface area contributed by atoms with Crippen LogP contribution in [0.3, 0.4) is 0 Å². The van der Waals surface area contributed by atoms with Gasteiger partial charge in [0.2, 0.25) is 0 Å². The first-order valence-electron chi connectivity index (χ1n) is 6.45. The molecule has 114 valence electrons. The third-order valence-electron chi connectivity index (χ3n) is 3.07. The summed E-state index contributed by atoms with van der Waals surface area (Å²) in [6, 6.07) is 3.96. The van der Waals surface area contributed by atoms with Crippen LogP contribution in [0.15, 0.2) is 24.3 Å². The maximum absolute atomic E-state index is 13.3. The first-order valence-corrected chi connectivity index (χ1v) is 6.45. The number of rotatable bonds is 5. The highest BCUT2D eigenvalue weighted by atomic mass is 19.4. The van der Waals surface area contributed by atoms with Crippen molar-refractivity contribution in [1.82, 2.24) is 4.90 Å². The van der Waals surface area contributed by atoms with Crippen LogP contribution in [0.25, 0.3) is 0 Å². The molecule has 0 aromatic heterocycles. The summed E-state index contributed by atoms with van der Waals surface area (Å²) < 4.78 is 51.5. The van der Waals surface area contributed by atoms with Crippen molar-refractivity contribution < 1.29 is 17.6 Å². The summed E-state index contributed by atoms with van der Waals surface area (Å²) in [6.07, 6.45) is -4.33. The molecule has 20 heavy (non-hydrogen) atoms. The molecule has 0 amide bonds. The van der Waals surface area contributed by atoms with E-state index >= 15 is 0 Å². The van der Waals surface area contributed by atoms with Crippen LogP contribution in [0.1, 0.15) is 32.4 Å². The Kier molecular flexibility index (Phi) is 5.53. The van der Waals surface area contributed by atoms with Crippen LogP contribution in [0, 0.1) is 5.82 Å². The highest BCUT2D eigenvalue weighted by Gasteiger charge is 2.37. The molecular weight excluding hydrogens is 272 g/mol. The number of nitrogens with zero attached hydrogens (tertiary/aromatic N) is 1. The Labute approximate surface area is 116 Å². The van der Waals surface area contributed by atoms with Gasteiger partial charge in [-0.05, 0) is 38.5 Å². The van der Waals surface area contributed by atoms with Crippen LogP contribution in [-0.4, -0.2) is 29.7 Å². The minimum absolute atomic E-state index is 0.365. The van der Waals surface area contributed by atoms with Crippen molar-refractivity contribution >= 4 is 0 Å². The van der Waals surface area contributed by atoms with E-state index < -0.39 is 30.6 Å². The Morgan fingerprint density at radius 3 is 2.20 bits per heavy atom. The molecular formula is C14H20F4N2. The highest BCUT2D eigenvalue weighted by molar-refractivity contribution is 5.22. The van der Waals surface area contributed by atoms with Crippen LogP contribution >= 0.6 is 0 Å². The fourth-order valence-electron chi connectivity index (χ4n) is 2.30. The van der Waals surface area contributed by atoms with E-state index in [4.69, 9.17) is 5.73 Å². The van der Waals surface area contributed by atoms with E-state index in [-0.39, 0.29) is 6.04 Å². The predicted molar refractivity (Wildman–Crippen MR) is 70.7 cm³/mol. The van der Waals surface area contributed by atoms with E-state index in [1.165, 1.54) is 23.1 Å². The molecule has 0 fully saturated rings. The average molecular weight is 292 g/mol. The summed E-state index contributed by atoms with van der Waals surface area (Å²) in [5, 5.41) is 0. The molecule has 0 aliphatic heterocycles. The zero-order chi connectivity index (χ0) is 15.5. The van der Waals surface area contributed by atoms with Gasteiger partial charge in [0.25, 0.3) is 0 Å². The van der Waals surface area contributed by atoms with Crippen molar-refractivity contribution in [3.05, 3.63) is 35.6 Å². The zero-order valence-electron chi connectivity index (χ0n) is 11.8. The molecule has 2 unspecified atom stereocenters. The van der Waals surface area contributed by atoms with Crippen molar-refractivity contribution in [2.75, 3.05) is 6.54 Å². The lowest BCUT2D eigenvalue weighted by Gasteiger charge is -2.38. The Hall–Kier alpha value is -1.14. The molecule has 0 radical (unpaired) electrons. The van der Waals surface area contributed by atoms with E-state index in [0.29, 0.717) is 5.56 Å². The van der Waals surface area contributed by atoms with Gasteiger partial charge in [0, 0.05) is 12.1 Å². The molecule has 1 aromatic rings. The van der Waals surface area contributed by atoms with Gasteiger partial charge in [0.05, 0.1) is 12.6 Å². The standard InChI is InChI=1S/C14H20F4N2/c1-9(2)20(8-14(16,17)18)13(10(3)19)11-5-4-6-12(15)7-11/h4-7,9-10,13H,8,19H2,1-3H3. The monoisotopic (exact) mass is 292 g/mol. The van der Waals surface area contributed by atoms with Crippen molar-refractivity contribution in [3.8, 4) is 0 Å². The second-order valence-corrected chi connectivity index (χ2v) is 5.24. The lowest BCUT2D eigenvalue weighted by molar-refractivity contribution is -0.156. The summed E-state index contributed by atoms with van der Waals surface area (Å²) in [6.45, 7) is 3.88. The second kappa shape index (κ2) is 6.54. The molecule has 0 bridgehead atoms. The molecule has 0 heterocycles. The summed E-state index contributed by atoms with van der Waals surface area (Å²) in [5.41, 5.74) is 6.30. The molecule has 0 spiro atoms. The number of hydrogen-bond donors (Lipinski definition) is 1. The molecule has 6 heteroatoms. The predicted octanol–water partition coefficient (Wildman–Crippen LogP) is 3.49. The van der Waals surface area contributed by atoms with Crippen molar-refractivity contribution in [2.45, 2.75) is 45.1 Å². The van der Waals surface area contributed by atoms with Gasteiger partial charge in [0.1, 0.15) is 5.82 Å². The molecule has 0 saturated carbocycles. The SMILES string of the molecule is CC(N)C(c1cccc(F)c1)N(CC(F)(F)F)C(C)C. The Morgan fingerprint density at radius 2 is 1.80 bits per heavy atom. The molecule has 0 saturated heterocycles. The van der Waals surface area contributed by atoms with E-state index in [9.17, 15) is 17.6 Å². The number of benzene rings is 1. The molecule has 1 aromatic carbocycles. The molecule has 2 nitrogen and oxygen atoms in total. The topological polar surface area (TPSA) is 29.3 Å². The number of alkyl halides is 3. The first-order chi connectivity index (χ1) is 9.11. The normalized spacial score (nSPS) is 15.7. The molecule has 0 aliphatic rings. The van der Waals surface area contributed by atoms with Crippen LogP contribution < -0.4 is 5.73 Å². The largest absolute Gasteiger partial charge is 0.401 e. The maximum Gasteiger partial charge on any atom is 0.401 e. The van der Waals surface area contributed by atoms with Gasteiger partial charge in [-0.25, -0.2) is 4.39 Å². The van der Waals surface area contributed by atoms with Gasteiger partial charge >= 0.3 is 6.18 Å². The van der Waals surface area contributed by atoms with E-state index in [0.717, 1.165) is 0 Å². The lowest BCUT2D eigenvalue weighted by atomic mass is 9.97. The Bertz CT molecular complexity index is 429. The summed E-state index contributed by atoms with van der Waals surface area (Å²) >= 11 is 0. The van der Waals surface area contributed by atoms with Crippen LogP contribution in [0.2, 0.25) is 0 Å². The Morgan fingerprint density at radius 1 is 1.20 bits per heavy atom. The molecule has 1 rings (SSSR count). The fraction of sp³-hybridized carbons (Fsp3) is 0.571. The number of nitrogens with two attached hydrogens (primary N) is 1. The average Bonchev–Trinajstić information content (AvgIpc) is 2.25. The van der Waals surface area contributed by atoms with Gasteiger partial charge < -0.3 is 5.73 Å².